The van der Waals surface area contributed by atoms with Gasteiger partial charge in [0.15, 0.2) is 0 Å². The lowest BCUT2D eigenvalue weighted by Gasteiger charge is -2.15. The zero-order valence-corrected chi connectivity index (χ0v) is 19.3. The Hall–Kier alpha value is -3.61. The number of benzene rings is 2. The molecule has 7 heteroatoms. The van der Waals surface area contributed by atoms with Crippen LogP contribution in [0.5, 0.6) is 0 Å². The molecule has 3 N–H and O–H groups in total. The van der Waals surface area contributed by atoms with Crippen molar-refractivity contribution < 1.29 is 24.2 Å². The zero-order chi connectivity index (χ0) is 24.1. The molecule has 0 aromatic heterocycles. The van der Waals surface area contributed by atoms with E-state index in [1.54, 1.807) is 13.0 Å². The van der Waals surface area contributed by atoms with Crippen molar-refractivity contribution >= 4 is 18.0 Å². The van der Waals surface area contributed by atoms with Crippen LogP contribution in [0.1, 0.15) is 49.7 Å². The first-order valence-corrected chi connectivity index (χ1v) is 11.7. The van der Waals surface area contributed by atoms with Gasteiger partial charge in [0.05, 0.1) is 0 Å². The molecule has 2 atom stereocenters. The smallest absolute Gasteiger partial charge is 0.407 e. The Morgan fingerprint density at radius 3 is 2.32 bits per heavy atom. The Morgan fingerprint density at radius 1 is 1.03 bits per heavy atom. The number of carbonyl (C=O) groups excluding carboxylic acids is 2. The highest BCUT2D eigenvalue weighted by Gasteiger charge is 2.29. The Labute approximate surface area is 199 Å². The summed E-state index contributed by atoms with van der Waals surface area (Å²) in [6.45, 7) is 2.11. The van der Waals surface area contributed by atoms with Crippen LogP contribution in [0.15, 0.2) is 60.2 Å². The summed E-state index contributed by atoms with van der Waals surface area (Å²) in [5.41, 5.74) is 5.16. The molecule has 0 bridgehead atoms. The number of ether oxygens (including phenoxy) is 1. The van der Waals surface area contributed by atoms with Crippen molar-refractivity contribution in [2.75, 3.05) is 13.2 Å². The molecule has 0 saturated heterocycles. The minimum Gasteiger partial charge on any atom is -0.481 e. The van der Waals surface area contributed by atoms with E-state index < -0.39 is 12.1 Å². The van der Waals surface area contributed by atoms with E-state index in [0.29, 0.717) is 12.0 Å². The maximum atomic E-state index is 12.4. The van der Waals surface area contributed by atoms with Gasteiger partial charge in [-0.25, -0.2) is 4.79 Å². The Morgan fingerprint density at radius 2 is 1.68 bits per heavy atom. The second-order valence-electron chi connectivity index (χ2n) is 9.04. The van der Waals surface area contributed by atoms with E-state index >= 15 is 0 Å². The summed E-state index contributed by atoms with van der Waals surface area (Å²) in [7, 11) is 0. The minimum atomic E-state index is -0.799. The van der Waals surface area contributed by atoms with Crippen LogP contribution < -0.4 is 10.6 Å². The normalized spacial score (nSPS) is 19.3. The van der Waals surface area contributed by atoms with Gasteiger partial charge in [0, 0.05) is 30.5 Å². The number of hydrogen-bond donors (Lipinski definition) is 3. The van der Waals surface area contributed by atoms with Crippen LogP contribution in [0.4, 0.5) is 4.79 Å². The second-order valence-corrected chi connectivity index (χ2v) is 9.04. The molecule has 1 fully saturated rings. The quantitative estimate of drug-likeness (QED) is 0.509. The van der Waals surface area contributed by atoms with Crippen molar-refractivity contribution in [3.63, 3.8) is 0 Å². The van der Waals surface area contributed by atoms with Crippen LogP contribution in [0.25, 0.3) is 11.1 Å². The average Bonchev–Trinajstić information content (AvgIpc) is 3.39. The Balaban J connectivity index is 1.23. The third-order valence-electron chi connectivity index (χ3n) is 6.70. The van der Waals surface area contributed by atoms with Gasteiger partial charge in [0.25, 0.3) is 0 Å². The average molecular weight is 463 g/mol. The highest BCUT2D eigenvalue weighted by Crippen LogP contribution is 2.44. The first kappa shape index (κ1) is 23.5. The molecule has 1 saturated carbocycles. The number of fused-ring (bicyclic) bond motifs is 3. The van der Waals surface area contributed by atoms with Crippen molar-refractivity contribution in [2.45, 2.75) is 44.6 Å². The lowest BCUT2D eigenvalue weighted by molar-refractivity contribution is -0.138. The zero-order valence-electron chi connectivity index (χ0n) is 19.3. The summed E-state index contributed by atoms with van der Waals surface area (Å²) in [4.78, 5) is 35.5. The first-order valence-electron chi connectivity index (χ1n) is 11.7. The molecule has 4 rings (SSSR count). The maximum absolute atomic E-state index is 12.4. The summed E-state index contributed by atoms with van der Waals surface area (Å²) >= 11 is 0. The van der Waals surface area contributed by atoms with E-state index in [4.69, 9.17) is 9.84 Å². The number of alkyl carbamates (subject to hydrolysis) is 1. The van der Waals surface area contributed by atoms with Gasteiger partial charge in [-0.15, -0.1) is 0 Å². The minimum absolute atomic E-state index is 0.00225. The molecule has 0 unspecified atom stereocenters. The van der Waals surface area contributed by atoms with Gasteiger partial charge in [-0.1, -0.05) is 54.6 Å². The van der Waals surface area contributed by atoms with Crippen LogP contribution in [0, 0.1) is 5.92 Å². The number of carbonyl (C=O) groups is 3. The van der Waals surface area contributed by atoms with E-state index in [1.165, 1.54) is 11.1 Å². The molecule has 2 amide bonds. The molecule has 2 aromatic rings. The molecule has 0 heterocycles. The van der Waals surface area contributed by atoms with Gasteiger partial charge >= 0.3 is 12.1 Å². The molecule has 2 aliphatic carbocycles. The second kappa shape index (κ2) is 10.5. The summed E-state index contributed by atoms with van der Waals surface area (Å²) < 4.78 is 5.51. The number of amides is 2. The third kappa shape index (κ3) is 5.47. The lowest BCUT2D eigenvalue weighted by atomic mass is 9.98. The molecular formula is C27H30N2O5. The molecule has 2 aromatic carbocycles. The van der Waals surface area contributed by atoms with Crippen molar-refractivity contribution in [1.82, 2.24) is 10.6 Å². The molecule has 0 aliphatic heterocycles. The monoisotopic (exact) mass is 462 g/mol. The van der Waals surface area contributed by atoms with E-state index in [2.05, 4.69) is 34.9 Å². The van der Waals surface area contributed by atoms with Crippen molar-refractivity contribution in [3.05, 3.63) is 71.3 Å². The number of hydrogen-bond acceptors (Lipinski definition) is 4. The van der Waals surface area contributed by atoms with Gasteiger partial charge in [0.2, 0.25) is 5.91 Å². The highest BCUT2D eigenvalue weighted by atomic mass is 16.5. The molecule has 0 radical (unpaired) electrons. The number of carboxylic acid groups (broad SMARTS) is 1. The number of aliphatic carboxylic acids is 1. The Kier molecular flexibility index (Phi) is 7.30. The van der Waals surface area contributed by atoms with Gasteiger partial charge < -0.3 is 20.5 Å². The van der Waals surface area contributed by atoms with E-state index in [1.807, 2.05) is 24.3 Å². The van der Waals surface area contributed by atoms with Crippen LogP contribution in [0.3, 0.4) is 0 Å². The van der Waals surface area contributed by atoms with E-state index in [9.17, 15) is 14.4 Å². The topological polar surface area (TPSA) is 105 Å². The molecule has 0 spiro atoms. The fourth-order valence-corrected chi connectivity index (χ4v) is 4.97. The molecule has 178 valence electrons. The van der Waals surface area contributed by atoms with Crippen molar-refractivity contribution in [2.24, 2.45) is 5.92 Å². The number of nitrogens with one attached hydrogen (secondary N) is 2. The molecular weight excluding hydrogens is 432 g/mol. The van der Waals surface area contributed by atoms with Gasteiger partial charge in [-0.2, -0.15) is 0 Å². The summed E-state index contributed by atoms with van der Waals surface area (Å²) in [5, 5.41) is 14.6. The van der Waals surface area contributed by atoms with E-state index in [-0.39, 0.29) is 43.4 Å². The largest absolute Gasteiger partial charge is 0.481 e. The van der Waals surface area contributed by atoms with E-state index in [0.717, 1.165) is 24.0 Å². The first-order chi connectivity index (χ1) is 16.4. The predicted molar refractivity (Wildman–Crippen MR) is 128 cm³/mol. The van der Waals surface area contributed by atoms with Crippen LogP contribution >= 0.6 is 0 Å². The summed E-state index contributed by atoms with van der Waals surface area (Å²) in [6, 6.07) is 16.3. The SMILES string of the molecule is C/C(=C\CNC(=O)OCC1c2ccccc2-c2ccccc21)C(=O)N[C@@H]1CC[C@H](CC(=O)O)C1. The molecule has 7 nitrogen and oxygen atoms in total. The van der Waals surface area contributed by atoms with Gasteiger partial charge in [-0.05, 0) is 54.4 Å². The van der Waals surface area contributed by atoms with Crippen LogP contribution in [0.2, 0.25) is 0 Å². The number of carboxylic acids is 1. The van der Waals surface area contributed by atoms with Crippen molar-refractivity contribution in [3.8, 4) is 11.1 Å². The summed E-state index contributed by atoms with van der Waals surface area (Å²) in [6.07, 6.45) is 3.55. The molecule has 2 aliphatic rings. The molecule has 34 heavy (non-hydrogen) atoms. The standard InChI is InChI=1S/C27H30N2O5/c1-17(26(32)29-19-11-10-18(14-19)15-25(30)31)12-13-28-27(33)34-16-24-22-8-4-2-6-20(22)21-7-3-5-9-23(21)24/h2-9,12,18-19,24H,10-11,13-16H2,1H3,(H,28,33)(H,29,32)(H,30,31)/b17-12+/t18-,19+/m0/s1. The van der Waals surface area contributed by atoms with Gasteiger partial charge in [-0.3, -0.25) is 9.59 Å². The maximum Gasteiger partial charge on any atom is 0.407 e. The third-order valence-corrected chi connectivity index (χ3v) is 6.70. The highest BCUT2D eigenvalue weighted by molar-refractivity contribution is 5.93. The lowest BCUT2D eigenvalue weighted by Crippen LogP contribution is -2.34. The van der Waals surface area contributed by atoms with Crippen LogP contribution in [-0.4, -0.2) is 42.3 Å². The van der Waals surface area contributed by atoms with Crippen LogP contribution in [-0.2, 0) is 14.3 Å². The fraction of sp³-hybridized carbons (Fsp3) is 0.370. The van der Waals surface area contributed by atoms with Gasteiger partial charge in [0.1, 0.15) is 6.61 Å². The fourth-order valence-electron chi connectivity index (χ4n) is 4.97. The predicted octanol–water partition coefficient (Wildman–Crippen LogP) is 4.23. The number of rotatable bonds is 8. The Bertz CT molecular complexity index is 1060. The summed E-state index contributed by atoms with van der Waals surface area (Å²) in [5.74, 6) is -0.887. The van der Waals surface area contributed by atoms with Crippen molar-refractivity contribution in [1.29, 1.82) is 0 Å².